The van der Waals surface area contributed by atoms with Crippen molar-refractivity contribution in [2.45, 2.75) is 13.3 Å². The summed E-state index contributed by atoms with van der Waals surface area (Å²) in [4.78, 5) is 16.1. The standard InChI is InChI=1S/C16H15N3O/c1-12-14(11-17)7-9-18-15(12)8-10-19-16(20)13-5-3-2-4-6-13/h2-7,9H,8,10H2,1H3,(H,19,20). The van der Waals surface area contributed by atoms with Gasteiger partial charge in [0.25, 0.3) is 5.91 Å². The maximum absolute atomic E-state index is 11.9. The van der Waals surface area contributed by atoms with Crippen LogP contribution >= 0.6 is 0 Å². The lowest BCUT2D eigenvalue weighted by atomic mass is 10.1. The van der Waals surface area contributed by atoms with Crippen molar-refractivity contribution in [2.75, 3.05) is 6.54 Å². The van der Waals surface area contributed by atoms with E-state index < -0.39 is 0 Å². The number of hydrogen-bond acceptors (Lipinski definition) is 3. The molecule has 0 saturated heterocycles. The maximum atomic E-state index is 11.9. The van der Waals surface area contributed by atoms with Gasteiger partial charge in [0.05, 0.1) is 11.6 Å². The van der Waals surface area contributed by atoms with Crippen LogP contribution in [0.15, 0.2) is 42.6 Å². The van der Waals surface area contributed by atoms with Crippen molar-refractivity contribution in [1.29, 1.82) is 5.26 Å². The van der Waals surface area contributed by atoms with E-state index in [0.29, 0.717) is 24.1 Å². The summed E-state index contributed by atoms with van der Waals surface area (Å²) in [6, 6.07) is 12.9. The molecule has 1 aromatic carbocycles. The van der Waals surface area contributed by atoms with Gasteiger partial charge in [0.2, 0.25) is 0 Å². The number of carbonyl (C=O) groups is 1. The lowest BCUT2D eigenvalue weighted by molar-refractivity contribution is 0.0954. The molecule has 0 radical (unpaired) electrons. The van der Waals surface area contributed by atoms with E-state index in [1.165, 1.54) is 0 Å². The molecule has 100 valence electrons. The molecule has 1 amide bonds. The Balaban J connectivity index is 1.94. The normalized spacial score (nSPS) is 9.80. The Morgan fingerprint density at radius 1 is 1.30 bits per heavy atom. The molecule has 1 aromatic heterocycles. The second-order valence-electron chi connectivity index (χ2n) is 4.41. The third-order valence-corrected chi connectivity index (χ3v) is 3.11. The van der Waals surface area contributed by atoms with Gasteiger partial charge in [-0.25, -0.2) is 0 Å². The van der Waals surface area contributed by atoms with Gasteiger partial charge >= 0.3 is 0 Å². The lowest BCUT2D eigenvalue weighted by Gasteiger charge is -2.07. The second kappa shape index (κ2) is 6.48. The van der Waals surface area contributed by atoms with Crippen LogP contribution in [0.25, 0.3) is 0 Å². The van der Waals surface area contributed by atoms with Crippen molar-refractivity contribution in [1.82, 2.24) is 10.3 Å². The molecule has 2 aromatic rings. The number of nitrogens with zero attached hydrogens (tertiary/aromatic N) is 2. The number of rotatable bonds is 4. The van der Waals surface area contributed by atoms with Gasteiger partial charge in [-0.1, -0.05) is 18.2 Å². The molecule has 0 bridgehead atoms. The molecular weight excluding hydrogens is 250 g/mol. The van der Waals surface area contributed by atoms with Crippen molar-refractivity contribution < 1.29 is 4.79 Å². The summed E-state index contributed by atoms with van der Waals surface area (Å²) in [5, 5.41) is 11.8. The molecule has 0 atom stereocenters. The van der Waals surface area contributed by atoms with Gasteiger partial charge in [0.15, 0.2) is 0 Å². The zero-order valence-corrected chi connectivity index (χ0v) is 11.3. The Hall–Kier alpha value is -2.67. The summed E-state index contributed by atoms with van der Waals surface area (Å²) in [6.07, 6.45) is 2.24. The van der Waals surface area contributed by atoms with E-state index in [1.54, 1.807) is 24.4 Å². The molecule has 2 rings (SSSR count). The average Bonchev–Trinajstić information content (AvgIpc) is 2.49. The molecule has 0 unspecified atom stereocenters. The lowest BCUT2D eigenvalue weighted by Crippen LogP contribution is -2.26. The fourth-order valence-electron chi connectivity index (χ4n) is 1.94. The summed E-state index contributed by atoms with van der Waals surface area (Å²) in [7, 11) is 0. The molecule has 4 nitrogen and oxygen atoms in total. The van der Waals surface area contributed by atoms with E-state index in [-0.39, 0.29) is 5.91 Å². The first kappa shape index (κ1) is 13.8. The summed E-state index contributed by atoms with van der Waals surface area (Å²) >= 11 is 0. The summed E-state index contributed by atoms with van der Waals surface area (Å²) in [5.74, 6) is -0.0975. The van der Waals surface area contributed by atoms with Crippen LogP contribution in [0.4, 0.5) is 0 Å². The van der Waals surface area contributed by atoms with Crippen LogP contribution in [0.5, 0.6) is 0 Å². The van der Waals surface area contributed by atoms with Gasteiger partial charge in [-0.15, -0.1) is 0 Å². The third-order valence-electron chi connectivity index (χ3n) is 3.11. The Labute approximate surface area is 118 Å². The number of carbonyl (C=O) groups excluding carboxylic acids is 1. The van der Waals surface area contributed by atoms with Crippen molar-refractivity contribution in [3.8, 4) is 6.07 Å². The Morgan fingerprint density at radius 3 is 2.75 bits per heavy atom. The fraction of sp³-hybridized carbons (Fsp3) is 0.188. The van der Waals surface area contributed by atoms with Crippen molar-refractivity contribution in [2.24, 2.45) is 0 Å². The predicted octanol–water partition coefficient (Wildman–Crippen LogP) is 2.23. The van der Waals surface area contributed by atoms with E-state index in [0.717, 1.165) is 11.3 Å². The highest BCUT2D eigenvalue weighted by Crippen LogP contribution is 2.10. The summed E-state index contributed by atoms with van der Waals surface area (Å²) < 4.78 is 0. The van der Waals surface area contributed by atoms with Crippen LogP contribution in [0, 0.1) is 18.3 Å². The van der Waals surface area contributed by atoms with E-state index in [9.17, 15) is 4.79 Å². The minimum Gasteiger partial charge on any atom is -0.352 e. The van der Waals surface area contributed by atoms with Gasteiger partial charge in [-0.3, -0.25) is 9.78 Å². The molecule has 0 aliphatic rings. The van der Waals surface area contributed by atoms with E-state index in [1.807, 2.05) is 25.1 Å². The number of nitriles is 1. The van der Waals surface area contributed by atoms with Crippen molar-refractivity contribution in [3.63, 3.8) is 0 Å². The van der Waals surface area contributed by atoms with Crippen LogP contribution in [0.1, 0.15) is 27.2 Å². The minimum absolute atomic E-state index is 0.0975. The molecule has 0 aliphatic carbocycles. The molecule has 20 heavy (non-hydrogen) atoms. The highest BCUT2D eigenvalue weighted by Gasteiger charge is 2.07. The first-order valence-electron chi connectivity index (χ1n) is 6.40. The van der Waals surface area contributed by atoms with Gasteiger partial charge < -0.3 is 5.32 Å². The molecule has 1 heterocycles. The van der Waals surface area contributed by atoms with Gasteiger partial charge in [-0.2, -0.15) is 5.26 Å². The van der Waals surface area contributed by atoms with Crippen LogP contribution in [-0.4, -0.2) is 17.4 Å². The number of benzene rings is 1. The van der Waals surface area contributed by atoms with E-state index >= 15 is 0 Å². The number of nitrogens with one attached hydrogen (secondary N) is 1. The number of aromatic nitrogens is 1. The summed E-state index contributed by atoms with van der Waals surface area (Å²) in [6.45, 7) is 2.37. The zero-order valence-electron chi connectivity index (χ0n) is 11.3. The fourth-order valence-corrected chi connectivity index (χ4v) is 1.94. The van der Waals surface area contributed by atoms with Crippen LogP contribution in [0.3, 0.4) is 0 Å². The van der Waals surface area contributed by atoms with Crippen molar-refractivity contribution in [3.05, 3.63) is 65.0 Å². The predicted molar refractivity (Wildman–Crippen MR) is 76.2 cm³/mol. The molecule has 0 spiro atoms. The molecular formula is C16H15N3O. The topological polar surface area (TPSA) is 65.8 Å². The molecule has 0 saturated carbocycles. The van der Waals surface area contributed by atoms with E-state index in [2.05, 4.69) is 16.4 Å². The number of hydrogen-bond donors (Lipinski definition) is 1. The third kappa shape index (κ3) is 3.21. The van der Waals surface area contributed by atoms with E-state index in [4.69, 9.17) is 5.26 Å². The first-order chi connectivity index (χ1) is 9.72. The minimum atomic E-state index is -0.0975. The summed E-state index contributed by atoms with van der Waals surface area (Å²) in [5.41, 5.74) is 2.99. The van der Waals surface area contributed by atoms with Crippen LogP contribution in [-0.2, 0) is 6.42 Å². The first-order valence-corrected chi connectivity index (χ1v) is 6.40. The van der Waals surface area contributed by atoms with Crippen LogP contribution in [0.2, 0.25) is 0 Å². The quantitative estimate of drug-likeness (QED) is 0.922. The second-order valence-corrected chi connectivity index (χ2v) is 4.41. The highest BCUT2D eigenvalue weighted by atomic mass is 16.1. The number of amides is 1. The van der Waals surface area contributed by atoms with Gasteiger partial charge in [0.1, 0.15) is 0 Å². The van der Waals surface area contributed by atoms with Crippen molar-refractivity contribution >= 4 is 5.91 Å². The number of pyridine rings is 1. The smallest absolute Gasteiger partial charge is 0.251 e. The Kier molecular flexibility index (Phi) is 4.46. The zero-order chi connectivity index (χ0) is 14.4. The average molecular weight is 265 g/mol. The van der Waals surface area contributed by atoms with Gasteiger partial charge in [0, 0.05) is 30.4 Å². The highest BCUT2D eigenvalue weighted by molar-refractivity contribution is 5.94. The van der Waals surface area contributed by atoms with Crippen LogP contribution < -0.4 is 5.32 Å². The maximum Gasteiger partial charge on any atom is 0.251 e. The van der Waals surface area contributed by atoms with Gasteiger partial charge in [-0.05, 0) is 30.7 Å². The molecule has 0 aliphatic heterocycles. The monoisotopic (exact) mass is 265 g/mol. The Morgan fingerprint density at radius 2 is 2.05 bits per heavy atom. The molecule has 0 fully saturated rings. The largest absolute Gasteiger partial charge is 0.352 e. The Bertz CT molecular complexity index is 645. The molecule has 4 heteroatoms. The molecule has 1 N–H and O–H groups in total. The SMILES string of the molecule is Cc1c(C#N)ccnc1CCNC(=O)c1ccccc1.